The van der Waals surface area contributed by atoms with Gasteiger partial charge in [-0.15, -0.1) is 0 Å². The molecule has 0 fully saturated rings. The number of carbonyl (C=O) groups excluding carboxylic acids is 1. The van der Waals surface area contributed by atoms with Crippen molar-refractivity contribution in [3.05, 3.63) is 24.3 Å². The summed E-state index contributed by atoms with van der Waals surface area (Å²) in [6.07, 6.45) is 41.0. The number of aliphatic hydroxyl groups is 1. The van der Waals surface area contributed by atoms with E-state index < -0.39 is 20.0 Å². The molecule has 0 heterocycles. The molecule has 0 saturated heterocycles. The lowest BCUT2D eigenvalue weighted by molar-refractivity contribution is -0.870. The van der Waals surface area contributed by atoms with Crippen molar-refractivity contribution < 1.29 is 32.9 Å². The first kappa shape index (κ1) is 51.0. The van der Waals surface area contributed by atoms with Gasteiger partial charge in [0.05, 0.1) is 39.9 Å². The van der Waals surface area contributed by atoms with E-state index in [0.29, 0.717) is 17.4 Å². The lowest BCUT2D eigenvalue weighted by atomic mass is 10.1. The zero-order valence-corrected chi connectivity index (χ0v) is 35.7. The van der Waals surface area contributed by atoms with E-state index in [9.17, 15) is 19.4 Å². The molecule has 8 nitrogen and oxygen atoms in total. The zero-order chi connectivity index (χ0) is 38.6. The number of carbonyl (C=O) groups is 1. The van der Waals surface area contributed by atoms with Crippen molar-refractivity contribution in [2.75, 3.05) is 40.9 Å². The average molecular weight is 758 g/mol. The Morgan fingerprint density at radius 1 is 0.635 bits per heavy atom. The highest BCUT2D eigenvalue weighted by atomic mass is 31.2. The second-order valence-corrected chi connectivity index (χ2v) is 17.5. The van der Waals surface area contributed by atoms with Crippen LogP contribution in [0.1, 0.15) is 194 Å². The van der Waals surface area contributed by atoms with Crippen molar-refractivity contribution in [1.29, 1.82) is 0 Å². The third-order valence-corrected chi connectivity index (χ3v) is 10.6. The van der Waals surface area contributed by atoms with Gasteiger partial charge in [0.25, 0.3) is 0 Å². The van der Waals surface area contributed by atoms with Crippen LogP contribution in [-0.2, 0) is 18.4 Å². The number of rotatable bonds is 39. The number of phosphoric ester groups is 1. The predicted molar refractivity (Wildman–Crippen MR) is 221 cm³/mol. The minimum atomic E-state index is -4.33. The molecule has 3 unspecified atom stereocenters. The molecule has 3 atom stereocenters. The van der Waals surface area contributed by atoms with E-state index in [2.05, 4.69) is 31.3 Å². The molecule has 9 heteroatoms. The number of allylic oxidation sites excluding steroid dienone is 3. The van der Waals surface area contributed by atoms with Crippen molar-refractivity contribution in [3.8, 4) is 0 Å². The van der Waals surface area contributed by atoms with Gasteiger partial charge in [0.15, 0.2) is 0 Å². The van der Waals surface area contributed by atoms with Gasteiger partial charge in [-0.25, -0.2) is 4.57 Å². The minimum Gasteiger partial charge on any atom is -0.387 e. The first-order valence-corrected chi connectivity index (χ1v) is 23.2. The normalized spacial score (nSPS) is 14.7. The van der Waals surface area contributed by atoms with Gasteiger partial charge in [-0.2, -0.15) is 0 Å². The fourth-order valence-electron chi connectivity index (χ4n) is 6.15. The molecule has 308 valence electrons. The van der Waals surface area contributed by atoms with Crippen LogP contribution in [0.25, 0.3) is 0 Å². The van der Waals surface area contributed by atoms with Gasteiger partial charge in [0, 0.05) is 6.42 Å². The lowest BCUT2D eigenvalue weighted by Crippen LogP contribution is -2.45. The molecule has 0 saturated carbocycles. The number of hydrogen-bond donors (Lipinski definition) is 3. The molecule has 0 bridgehead atoms. The van der Waals surface area contributed by atoms with E-state index >= 15 is 0 Å². The van der Waals surface area contributed by atoms with E-state index in [1.54, 1.807) is 6.08 Å². The summed E-state index contributed by atoms with van der Waals surface area (Å²) in [6.45, 7) is 4.79. The molecule has 0 radical (unpaired) electrons. The van der Waals surface area contributed by atoms with Crippen molar-refractivity contribution in [1.82, 2.24) is 5.32 Å². The molecule has 0 aliphatic rings. The summed E-state index contributed by atoms with van der Waals surface area (Å²) in [5.41, 5.74) is 0. The minimum absolute atomic E-state index is 0.0614. The van der Waals surface area contributed by atoms with Crippen LogP contribution in [0, 0.1) is 0 Å². The maximum absolute atomic E-state index is 12.8. The van der Waals surface area contributed by atoms with Crippen LogP contribution in [0.15, 0.2) is 24.3 Å². The van der Waals surface area contributed by atoms with Gasteiger partial charge in [-0.1, -0.05) is 167 Å². The lowest BCUT2D eigenvalue weighted by Gasteiger charge is -2.25. The van der Waals surface area contributed by atoms with Crippen LogP contribution in [-0.4, -0.2) is 73.4 Å². The Bertz CT molecular complexity index is 907. The summed E-state index contributed by atoms with van der Waals surface area (Å²) in [6, 6.07) is -0.844. The molecular formula is C43H86N2O6P+. The second-order valence-electron chi connectivity index (χ2n) is 16.1. The SMILES string of the molecule is CCCCCCCCCC/C=C/C(O)C(COP(=O)(O)OCC[N+](C)(C)C)NC(=O)CCCCCCCCC/C=C\CCCCCCCCCCC. The Balaban J connectivity index is 4.32. The fraction of sp³-hybridized carbons (Fsp3) is 0.884. The van der Waals surface area contributed by atoms with Gasteiger partial charge in [0.1, 0.15) is 13.2 Å². The molecule has 0 aromatic rings. The number of quaternary nitrogens is 1. The summed E-state index contributed by atoms with van der Waals surface area (Å²) in [7, 11) is 1.57. The van der Waals surface area contributed by atoms with Crippen LogP contribution in [0.2, 0.25) is 0 Å². The van der Waals surface area contributed by atoms with Gasteiger partial charge < -0.3 is 19.8 Å². The Morgan fingerprint density at radius 2 is 1.04 bits per heavy atom. The number of likely N-dealkylation sites (N-methyl/N-ethyl adjacent to an activating group) is 1. The third kappa shape index (κ3) is 37.3. The number of nitrogens with zero attached hydrogens (tertiary/aromatic N) is 1. The molecule has 0 aromatic heterocycles. The topological polar surface area (TPSA) is 105 Å². The third-order valence-electron chi connectivity index (χ3n) is 9.67. The van der Waals surface area contributed by atoms with E-state index in [0.717, 1.165) is 38.5 Å². The highest BCUT2D eigenvalue weighted by Gasteiger charge is 2.27. The van der Waals surface area contributed by atoms with Crippen LogP contribution in [0.5, 0.6) is 0 Å². The highest BCUT2D eigenvalue weighted by molar-refractivity contribution is 7.47. The Kier molecular flexibility index (Phi) is 35.0. The van der Waals surface area contributed by atoms with Gasteiger partial charge in [-0.3, -0.25) is 13.8 Å². The second kappa shape index (κ2) is 35.7. The first-order valence-electron chi connectivity index (χ1n) is 21.7. The molecule has 1 amide bonds. The Morgan fingerprint density at radius 3 is 1.48 bits per heavy atom. The van der Waals surface area contributed by atoms with Crippen molar-refractivity contribution >= 4 is 13.7 Å². The average Bonchev–Trinajstić information content (AvgIpc) is 3.09. The summed E-state index contributed by atoms with van der Waals surface area (Å²) in [5, 5.41) is 13.8. The van der Waals surface area contributed by atoms with Gasteiger partial charge in [-0.05, 0) is 44.9 Å². The number of unbranched alkanes of at least 4 members (excludes halogenated alkanes) is 24. The zero-order valence-electron chi connectivity index (χ0n) is 34.8. The van der Waals surface area contributed by atoms with Crippen LogP contribution in [0.3, 0.4) is 0 Å². The summed E-state index contributed by atoms with van der Waals surface area (Å²) >= 11 is 0. The first-order chi connectivity index (χ1) is 25.0. The quantitative estimate of drug-likeness (QED) is 0.0250. The molecular weight excluding hydrogens is 671 g/mol. The largest absolute Gasteiger partial charge is 0.472 e. The Labute approximate surface area is 322 Å². The van der Waals surface area contributed by atoms with Crippen LogP contribution >= 0.6 is 7.82 Å². The summed E-state index contributed by atoms with van der Waals surface area (Å²) < 4.78 is 23.5. The fourth-order valence-corrected chi connectivity index (χ4v) is 6.89. The van der Waals surface area contributed by atoms with Gasteiger partial charge >= 0.3 is 7.82 Å². The molecule has 0 aliphatic carbocycles. The van der Waals surface area contributed by atoms with E-state index in [-0.39, 0.29) is 19.1 Å². The molecule has 52 heavy (non-hydrogen) atoms. The predicted octanol–water partition coefficient (Wildman–Crippen LogP) is 11.7. The van der Waals surface area contributed by atoms with Crippen molar-refractivity contribution in [2.24, 2.45) is 0 Å². The highest BCUT2D eigenvalue weighted by Crippen LogP contribution is 2.43. The smallest absolute Gasteiger partial charge is 0.387 e. The summed E-state index contributed by atoms with van der Waals surface area (Å²) in [5.74, 6) is -0.183. The van der Waals surface area contributed by atoms with E-state index in [1.807, 2.05) is 27.2 Å². The maximum atomic E-state index is 12.8. The Hall–Kier alpha value is -1.02. The number of aliphatic hydroxyl groups excluding tert-OH is 1. The molecule has 0 spiro atoms. The van der Waals surface area contributed by atoms with Crippen LogP contribution in [0.4, 0.5) is 0 Å². The number of hydrogen-bond acceptors (Lipinski definition) is 5. The summed E-state index contributed by atoms with van der Waals surface area (Å²) in [4.78, 5) is 23.0. The van der Waals surface area contributed by atoms with Crippen molar-refractivity contribution in [2.45, 2.75) is 206 Å². The van der Waals surface area contributed by atoms with Gasteiger partial charge in [0.2, 0.25) is 5.91 Å². The van der Waals surface area contributed by atoms with Crippen molar-refractivity contribution in [3.63, 3.8) is 0 Å². The number of amides is 1. The number of phosphoric acid groups is 1. The van der Waals surface area contributed by atoms with E-state index in [1.165, 1.54) is 135 Å². The molecule has 0 rings (SSSR count). The number of nitrogens with one attached hydrogen (secondary N) is 1. The molecule has 0 aliphatic heterocycles. The monoisotopic (exact) mass is 758 g/mol. The van der Waals surface area contributed by atoms with Crippen LogP contribution < -0.4 is 5.32 Å². The standard InChI is InChI=1S/C43H85N2O6P/c1-6-8-10-12-14-16-18-19-20-21-22-23-24-25-26-27-29-31-33-35-37-43(47)44-41(40-51-52(48,49)50-39-38-45(3,4)5)42(46)36-34-32-30-28-17-15-13-11-9-7-2/h22-23,34,36,41-42,46H,6-21,24-33,35,37-40H2,1-5H3,(H-,44,47,48,49)/p+1/b23-22-,36-34+. The maximum Gasteiger partial charge on any atom is 0.472 e. The van der Waals surface area contributed by atoms with E-state index in [4.69, 9.17) is 9.05 Å². The molecule has 3 N–H and O–H groups in total. The molecule has 0 aromatic carbocycles.